The van der Waals surface area contributed by atoms with Crippen LogP contribution in [0.1, 0.15) is 15.8 Å². The number of carbonyl (C=O) groups is 1. The first kappa shape index (κ1) is 1.80. The second-order valence-corrected chi connectivity index (χ2v) is 1.27. The highest BCUT2D eigenvalue weighted by Crippen LogP contribution is 1.91. The smallest absolute Gasteiger partial charge is 0.250 e. The number of amides is 1. The number of carbonyl (C=O) groups excluding carboxylic acids is 1. The summed E-state index contributed by atoms with van der Waals surface area (Å²) in [6.45, 7) is 0. The Morgan fingerprint density at radius 2 is 2.89 bits per heavy atom. The van der Waals surface area contributed by atoms with Gasteiger partial charge in [-0.25, -0.2) is 0 Å². The first-order valence-electron chi connectivity index (χ1n) is 5.02. The molecule has 0 aliphatic carbocycles. The third-order valence-electron chi connectivity index (χ3n) is 0.681. The van der Waals surface area contributed by atoms with Gasteiger partial charge in [0.05, 0.1) is 11.0 Å². The topological polar surface area (TPSA) is 56.0 Å². The molecule has 0 unspecified atom stereocenters. The maximum Gasteiger partial charge on any atom is 0.250 e. The van der Waals surface area contributed by atoms with Crippen molar-refractivity contribution in [2.75, 3.05) is 0 Å². The van der Waals surface area contributed by atoms with Gasteiger partial charge in [-0.15, -0.1) is 0 Å². The highest BCUT2D eigenvalue weighted by Gasteiger charge is 1.94. The molecule has 0 aromatic carbocycles. The molecule has 0 fully saturated rings. The second-order valence-electron chi connectivity index (χ2n) is 1.27. The fraction of sp³-hybridized carbons (Fsp3) is 0. The van der Waals surface area contributed by atoms with Crippen molar-refractivity contribution in [3.63, 3.8) is 0 Å². The lowest BCUT2D eigenvalue weighted by Gasteiger charge is -1.88. The lowest BCUT2D eigenvalue weighted by molar-refractivity contribution is 0.1000. The summed E-state index contributed by atoms with van der Waals surface area (Å²) >= 11 is 0. The molecule has 2 N–H and O–H groups in total. The summed E-state index contributed by atoms with van der Waals surface area (Å²) < 4.78 is 42.2. The van der Waals surface area contributed by atoms with E-state index < -0.39 is 35.9 Å². The number of rotatable bonds is 1. The summed E-state index contributed by atoms with van der Waals surface area (Å²) in [5, 5.41) is 0. The Hall–Kier alpha value is -1.38. The zero-order chi connectivity index (χ0) is 11.7. The summed E-state index contributed by atoms with van der Waals surface area (Å²) in [7, 11) is 0. The molecule has 1 heterocycles. The van der Waals surface area contributed by atoms with Gasteiger partial charge in [-0.05, 0) is 12.1 Å². The van der Waals surface area contributed by atoms with E-state index in [1.54, 1.807) is 0 Å². The summed E-state index contributed by atoms with van der Waals surface area (Å²) in [5.41, 5.74) is -0.906. The number of nitrogens with two attached hydrogens (primary N) is 1. The minimum atomic E-state index is -1.22. The van der Waals surface area contributed by atoms with E-state index in [4.69, 9.17) is 8.31 Å². The molecular formula is C6H6N2O. The summed E-state index contributed by atoms with van der Waals surface area (Å²) in [4.78, 5) is 14.4. The predicted octanol–water partition coefficient (Wildman–Crippen LogP) is 0.181. The highest BCUT2D eigenvalue weighted by atomic mass is 16.1. The first-order chi connectivity index (χ1) is 6.86. The molecule has 1 amide bonds. The van der Waals surface area contributed by atoms with Crippen LogP contribution in [-0.2, 0) is 0 Å². The predicted molar refractivity (Wildman–Crippen MR) is 32.8 cm³/mol. The number of hydrogen-bond acceptors (Lipinski definition) is 2. The molecule has 0 saturated carbocycles. The Morgan fingerprint density at radius 1 is 2.00 bits per heavy atom. The van der Waals surface area contributed by atoms with E-state index in [1.807, 2.05) is 0 Å². The Labute approximate surface area is 61.1 Å². The van der Waals surface area contributed by atoms with E-state index in [0.29, 0.717) is 0 Å². The Morgan fingerprint density at radius 3 is 3.67 bits per heavy atom. The fourth-order valence-electron chi connectivity index (χ4n) is 0.331. The minimum absolute atomic E-state index is 0.295. The third kappa shape index (κ3) is 1.25. The Kier molecular flexibility index (Phi) is 0.452. The molecule has 3 heteroatoms. The average Bonchev–Trinajstić information content (AvgIpc) is 2.14. The van der Waals surface area contributed by atoms with Gasteiger partial charge in [0.15, 0.2) is 2.82 Å². The van der Waals surface area contributed by atoms with Gasteiger partial charge in [0, 0.05) is 12.3 Å². The number of hydrogen-bond donors (Lipinski definition) is 1. The number of primary amides is 1. The molecule has 1 rings (SSSR count). The van der Waals surface area contributed by atoms with Crippen LogP contribution in [0.15, 0.2) is 24.4 Å². The normalized spacial score (nSPS) is 17.8. The van der Waals surface area contributed by atoms with Crippen molar-refractivity contribution in [1.82, 2.24) is 4.98 Å². The zero-order valence-corrected chi connectivity index (χ0v) is 4.30. The maximum absolute atomic E-state index is 11.2. The summed E-state index contributed by atoms with van der Waals surface area (Å²) in [6.07, 6.45) is -1.25. The standard InChI is InChI=1S/C6H6N2O/c7-6(9)5-2-1-3-8-4-5/h1-4H,(H2,7,9)/i1D,2D,3D,4D/hD2. The molecular weight excluding hydrogens is 116 g/mol. The maximum atomic E-state index is 11.2. The highest BCUT2D eigenvalue weighted by molar-refractivity contribution is 5.92. The lowest BCUT2D eigenvalue weighted by atomic mass is 10.3. The summed E-state index contributed by atoms with van der Waals surface area (Å²) in [6, 6.07) is -1.26. The zero-order valence-electron chi connectivity index (χ0n) is 10.3. The van der Waals surface area contributed by atoms with Gasteiger partial charge >= 0.3 is 0 Å². The Balaban J connectivity index is 3.43. The van der Waals surface area contributed by atoms with Crippen molar-refractivity contribution in [1.29, 1.82) is 0 Å². The number of pyridine rings is 1. The van der Waals surface area contributed by atoms with Gasteiger partial charge < -0.3 is 5.72 Å². The van der Waals surface area contributed by atoms with Gasteiger partial charge in [0.25, 0.3) is 0 Å². The van der Waals surface area contributed by atoms with Gasteiger partial charge in [-0.1, -0.05) is 0 Å². The van der Waals surface area contributed by atoms with E-state index in [1.165, 1.54) is 0 Å². The van der Waals surface area contributed by atoms with Crippen LogP contribution in [-0.4, -0.2) is 10.9 Å². The molecule has 0 aliphatic heterocycles. The van der Waals surface area contributed by atoms with Crippen molar-refractivity contribution >= 4 is 5.91 Å². The van der Waals surface area contributed by atoms with Crippen LogP contribution in [0.25, 0.3) is 0 Å². The molecule has 0 atom stereocenters. The first-order valence-corrected chi connectivity index (χ1v) is 2.12. The molecule has 0 saturated heterocycles. The number of nitrogens with zero attached hydrogens (tertiary/aromatic N) is 1. The number of aromatic nitrogens is 1. The van der Waals surface area contributed by atoms with Crippen LogP contribution < -0.4 is 5.72 Å². The van der Waals surface area contributed by atoms with Crippen LogP contribution >= 0.6 is 0 Å². The third-order valence-corrected chi connectivity index (χ3v) is 0.681. The quantitative estimate of drug-likeness (QED) is 0.586. The molecule has 1 aromatic heterocycles. The molecule has 0 spiro atoms. The van der Waals surface area contributed by atoms with Gasteiger partial charge in [0.2, 0.25) is 5.91 Å². The summed E-state index contributed by atoms with van der Waals surface area (Å²) in [5.74, 6) is -1.22. The molecule has 9 heavy (non-hydrogen) atoms. The SMILES string of the molecule is [2H]c1nc([2H])c(C(=O)N([2H])[2H])c([2H])c1[2H]. The minimum Gasteiger partial charge on any atom is -0.366 e. The largest absolute Gasteiger partial charge is 0.366 e. The van der Waals surface area contributed by atoms with Gasteiger partial charge in [0.1, 0.15) is 0 Å². The van der Waals surface area contributed by atoms with Crippen LogP contribution in [0, 0.1) is 0 Å². The average molecular weight is 128 g/mol. The molecule has 0 bridgehead atoms. The molecule has 3 nitrogen and oxygen atoms in total. The van der Waals surface area contributed by atoms with Crippen molar-refractivity contribution in [2.24, 2.45) is 5.72 Å². The van der Waals surface area contributed by atoms with Crippen molar-refractivity contribution < 1.29 is 13.1 Å². The Bertz CT molecular complexity index is 421. The molecule has 0 aliphatic rings. The van der Waals surface area contributed by atoms with Crippen molar-refractivity contribution in [3.8, 4) is 0 Å². The lowest BCUT2D eigenvalue weighted by Crippen LogP contribution is -2.10. The van der Waals surface area contributed by atoms with E-state index in [9.17, 15) is 4.79 Å². The van der Waals surface area contributed by atoms with Crippen LogP contribution in [0.3, 0.4) is 0 Å². The van der Waals surface area contributed by atoms with Gasteiger partial charge in [-0.3, -0.25) is 9.78 Å². The van der Waals surface area contributed by atoms with Crippen molar-refractivity contribution in [3.05, 3.63) is 30.0 Å². The molecule has 0 radical (unpaired) electrons. The van der Waals surface area contributed by atoms with Crippen LogP contribution in [0.2, 0.25) is 2.82 Å². The van der Waals surface area contributed by atoms with E-state index in [-0.39, 0.29) is 5.72 Å². The van der Waals surface area contributed by atoms with Crippen molar-refractivity contribution in [2.45, 2.75) is 0 Å². The monoisotopic (exact) mass is 128 g/mol. The van der Waals surface area contributed by atoms with E-state index >= 15 is 0 Å². The van der Waals surface area contributed by atoms with Crippen LogP contribution in [0.5, 0.6) is 0 Å². The van der Waals surface area contributed by atoms with Gasteiger partial charge in [-0.2, -0.15) is 0 Å². The molecule has 1 aromatic rings. The second kappa shape index (κ2) is 2.26. The van der Waals surface area contributed by atoms with Crippen LogP contribution in [0.4, 0.5) is 0 Å². The molecule has 46 valence electrons. The van der Waals surface area contributed by atoms with E-state index in [0.717, 1.165) is 0 Å². The van der Waals surface area contributed by atoms with E-state index in [2.05, 4.69) is 4.98 Å². The fourth-order valence-corrected chi connectivity index (χ4v) is 0.331.